The van der Waals surface area contributed by atoms with Crippen LogP contribution in [-0.2, 0) is 9.59 Å². The van der Waals surface area contributed by atoms with Gasteiger partial charge in [-0.2, -0.15) is 5.10 Å². The second kappa shape index (κ2) is 7.02. The molecule has 1 aliphatic rings. The molecule has 2 rings (SSSR count). The van der Waals surface area contributed by atoms with Crippen LogP contribution in [0.25, 0.3) is 0 Å². The second-order valence-corrected chi connectivity index (χ2v) is 5.45. The van der Waals surface area contributed by atoms with E-state index in [9.17, 15) is 9.59 Å². The highest BCUT2D eigenvalue weighted by Crippen LogP contribution is 2.16. The van der Waals surface area contributed by atoms with Gasteiger partial charge < -0.3 is 5.32 Å². The molecule has 112 valence electrons. The van der Waals surface area contributed by atoms with Crippen LogP contribution in [0.3, 0.4) is 0 Å². The van der Waals surface area contributed by atoms with Crippen molar-refractivity contribution in [2.24, 2.45) is 5.10 Å². The third-order valence-electron chi connectivity index (χ3n) is 3.59. The van der Waals surface area contributed by atoms with Crippen LogP contribution < -0.4 is 10.7 Å². The lowest BCUT2D eigenvalue weighted by Crippen LogP contribution is -2.33. The van der Waals surface area contributed by atoms with Crippen molar-refractivity contribution < 1.29 is 9.59 Å². The van der Waals surface area contributed by atoms with Crippen LogP contribution in [0.2, 0.25) is 0 Å². The van der Waals surface area contributed by atoms with Crippen molar-refractivity contribution in [3.63, 3.8) is 0 Å². The predicted molar refractivity (Wildman–Crippen MR) is 83.2 cm³/mol. The Morgan fingerprint density at radius 3 is 2.48 bits per heavy atom. The normalized spacial score (nSPS) is 14.5. The van der Waals surface area contributed by atoms with Crippen LogP contribution in [0, 0.1) is 13.8 Å². The Bertz CT molecular complexity index is 571. The van der Waals surface area contributed by atoms with E-state index < -0.39 is 11.8 Å². The lowest BCUT2D eigenvalue weighted by atomic mass is 9.99. The van der Waals surface area contributed by atoms with Crippen LogP contribution in [0.1, 0.15) is 43.2 Å². The molecular weight excluding hydrogens is 266 g/mol. The highest BCUT2D eigenvalue weighted by molar-refractivity contribution is 6.39. The largest absolute Gasteiger partial charge is 0.329 e. The van der Waals surface area contributed by atoms with E-state index in [2.05, 4.69) is 15.8 Å². The Kier molecular flexibility index (Phi) is 5.09. The van der Waals surface area contributed by atoms with E-state index in [1.807, 2.05) is 32.0 Å². The van der Waals surface area contributed by atoms with Gasteiger partial charge in [0.15, 0.2) is 0 Å². The molecule has 2 amide bonds. The average Bonchev–Trinajstić information content (AvgIpc) is 2.49. The van der Waals surface area contributed by atoms with Crippen molar-refractivity contribution in [3.05, 3.63) is 29.3 Å². The van der Waals surface area contributed by atoms with E-state index in [1.54, 1.807) is 0 Å². The molecule has 0 heterocycles. The van der Waals surface area contributed by atoms with Crippen molar-refractivity contribution in [3.8, 4) is 0 Å². The molecule has 0 aliphatic heterocycles. The van der Waals surface area contributed by atoms with Gasteiger partial charge in [-0.15, -0.1) is 0 Å². The fraction of sp³-hybridized carbons (Fsp3) is 0.438. The van der Waals surface area contributed by atoms with Gasteiger partial charge in [-0.1, -0.05) is 18.6 Å². The van der Waals surface area contributed by atoms with Crippen molar-refractivity contribution in [1.82, 2.24) is 5.43 Å². The maximum Gasteiger partial charge on any atom is 0.329 e. The molecule has 1 aromatic carbocycles. The molecule has 0 bridgehead atoms. The SMILES string of the molecule is Cc1ccc(C)c(NC(=O)C(=O)NN=C2CCCCC2)c1. The minimum Gasteiger partial charge on any atom is -0.317 e. The molecule has 5 nitrogen and oxygen atoms in total. The fourth-order valence-electron chi connectivity index (χ4n) is 2.30. The Balaban J connectivity index is 1.93. The number of hydrazone groups is 1. The number of aryl methyl sites for hydroxylation is 2. The summed E-state index contributed by atoms with van der Waals surface area (Å²) in [7, 11) is 0. The van der Waals surface area contributed by atoms with E-state index in [-0.39, 0.29) is 0 Å². The number of benzene rings is 1. The lowest BCUT2D eigenvalue weighted by molar-refractivity contribution is -0.136. The van der Waals surface area contributed by atoms with Crippen molar-refractivity contribution >= 4 is 23.2 Å². The number of hydrogen-bond donors (Lipinski definition) is 2. The molecular formula is C16H21N3O2. The number of amides is 2. The summed E-state index contributed by atoms with van der Waals surface area (Å²) in [4.78, 5) is 23.6. The zero-order valence-electron chi connectivity index (χ0n) is 12.5. The number of carbonyl (C=O) groups excluding carboxylic acids is 2. The lowest BCUT2D eigenvalue weighted by Gasteiger charge is -2.12. The molecule has 2 N–H and O–H groups in total. The van der Waals surface area contributed by atoms with E-state index in [0.29, 0.717) is 5.69 Å². The van der Waals surface area contributed by atoms with Gasteiger partial charge in [-0.25, -0.2) is 5.43 Å². The van der Waals surface area contributed by atoms with Crippen molar-refractivity contribution in [1.29, 1.82) is 0 Å². The summed E-state index contributed by atoms with van der Waals surface area (Å²) in [6, 6.07) is 5.71. The maximum atomic E-state index is 11.9. The Hall–Kier alpha value is -2.17. The number of carbonyl (C=O) groups is 2. The molecule has 1 fully saturated rings. The van der Waals surface area contributed by atoms with Crippen LogP contribution in [-0.4, -0.2) is 17.5 Å². The van der Waals surface area contributed by atoms with Gasteiger partial charge in [0.05, 0.1) is 0 Å². The Morgan fingerprint density at radius 2 is 1.76 bits per heavy atom. The number of anilines is 1. The molecule has 0 radical (unpaired) electrons. The minimum atomic E-state index is -0.728. The van der Waals surface area contributed by atoms with E-state index in [4.69, 9.17) is 0 Å². The average molecular weight is 287 g/mol. The van der Waals surface area contributed by atoms with Crippen LogP contribution >= 0.6 is 0 Å². The highest BCUT2D eigenvalue weighted by atomic mass is 16.2. The summed E-state index contributed by atoms with van der Waals surface area (Å²) in [6.07, 6.45) is 5.21. The van der Waals surface area contributed by atoms with E-state index in [0.717, 1.165) is 42.5 Å². The molecule has 0 atom stereocenters. The molecule has 0 unspecified atom stereocenters. The van der Waals surface area contributed by atoms with Gasteiger partial charge in [-0.05, 0) is 56.7 Å². The van der Waals surface area contributed by atoms with Crippen LogP contribution in [0.5, 0.6) is 0 Å². The fourth-order valence-corrected chi connectivity index (χ4v) is 2.30. The second-order valence-electron chi connectivity index (χ2n) is 5.45. The first kappa shape index (κ1) is 15.2. The first-order valence-electron chi connectivity index (χ1n) is 7.30. The predicted octanol–water partition coefficient (Wildman–Crippen LogP) is 2.68. The third kappa shape index (κ3) is 4.41. The molecule has 21 heavy (non-hydrogen) atoms. The van der Waals surface area contributed by atoms with Gasteiger partial charge in [0, 0.05) is 11.4 Å². The summed E-state index contributed by atoms with van der Waals surface area (Å²) in [6.45, 7) is 3.82. The Labute approximate surface area is 124 Å². The molecule has 1 saturated carbocycles. The van der Waals surface area contributed by atoms with Crippen LogP contribution in [0.4, 0.5) is 5.69 Å². The first-order valence-corrected chi connectivity index (χ1v) is 7.30. The van der Waals surface area contributed by atoms with Gasteiger partial charge in [0.25, 0.3) is 0 Å². The highest BCUT2D eigenvalue weighted by Gasteiger charge is 2.15. The van der Waals surface area contributed by atoms with Crippen LogP contribution in [0.15, 0.2) is 23.3 Å². The molecule has 0 saturated heterocycles. The standard InChI is InChI=1S/C16H21N3O2/c1-11-8-9-12(2)14(10-11)17-15(20)16(21)19-18-13-6-4-3-5-7-13/h8-10H,3-7H2,1-2H3,(H,17,20)(H,19,21). The number of nitrogens with one attached hydrogen (secondary N) is 2. The summed E-state index contributed by atoms with van der Waals surface area (Å²) in [5.41, 5.74) is 5.91. The molecule has 0 spiro atoms. The first-order chi connectivity index (χ1) is 10.1. The van der Waals surface area contributed by atoms with Gasteiger partial charge in [0.2, 0.25) is 0 Å². The summed E-state index contributed by atoms with van der Waals surface area (Å²) >= 11 is 0. The van der Waals surface area contributed by atoms with Crippen molar-refractivity contribution in [2.75, 3.05) is 5.32 Å². The minimum absolute atomic E-state index is 0.653. The summed E-state index contributed by atoms with van der Waals surface area (Å²) in [5.74, 6) is -1.42. The van der Waals surface area contributed by atoms with Gasteiger partial charge in [0.1, 0.15) is 0 Å². The molecule has 0 aromatic heterocycles. The zero-order chi connectivity index (χ0) is 15.2. The van der Waals surface area contributed by atoms with Crippen molar-refractivity contribution in [2.45, 2.75) is 46.0 Å². The topological polar surface area (TPSA) is 70.6 Å². The summed E-state index contributed by atoms with van der Waals surface area (Å²) in [5, 5.41) is 6.66. The number of hydrogen-bond acceptors (Lipinski definition) is 3. The number of rotatable bonds is 2. The third-order valence-corrected chi connectivity index (χ3v) is 3.59. The maximum absolute atomic E-state index is 11.9. The Morgan fingerprint density at radius 1 is 1.05 bits per heavy atom. The quantitative estimate of drug-likeness (QED) is 0.648. The molecule has 1 aromatic rings. The van der Waals surface area contributed by atoms with E-state index >= 15 is 0 Å². The zero-order valence-corrected chi connectivity index (χ0v) is 12.5. The van der Waals surface area contributed by atoms with E-state index in [1.165, 1.54) is 6.42 Å². The smallest absolute Gasteiger partial charge is 0.317 e. The van der Waals surface area contributed by atoms with Gasteiger partial charge in [-0.3, -0.25) is 9.59 Å². The monoisotopic (exact) mass is 287 g/mol. The number of nitrogens with zero attached hydrogens (tertiary/aromatic N) is 1. The molecule has 5 heteroatoms. The summed E-state index contributed by atoms with van der Waals surface area (Å²) < 4.78 is 0. The molecule has 1 aliphatic carbocycles. The van der Waals surface area contributed by atoms with Gasteiger partial charge >= 0.3 is 11.8 Å².